The van der Waals surface area contributed by atoms with Gasteiger partial charge in [0.1, 0.15) is 5.69 Å². The molecule has 0 saturated heterocycles. The van der Waals surface area contributed by atoms with Gasteiger partial charge in [0, 0.05) is 6.20 Å². The van der Waals surface area contributed by atoms with E-state index in [1.54, 1.807) is 36.5 Å². The number of nitrogens with one attached hydrogen (secondary N) is 2. The molecule has 0 fully saturated rings. The highest BCUT2D eigenvalue weighted by Gasteiger charge is 2.15. The van der Waals surface area contributed by atoms with Crippen molar-refractivity contribution in [3.05, 3.63) is 59.9 Å². The van der Waals surface area contributed by atoms with Gasteiger partial charge < -0.3 is 5.73 Å². The standard InChI is InChI=1S/C14H15N5O2S2/c1-10-5-7-11(8-6-10)23(20,21)19-14(22)18-17-13(15)12-4-2-3-9-16-12/h2-9H,1H3,(H2,15,17)(H2,18,19,22). The maximum absolute atomic E-state index is 12.1. The Morgan fingerprint density at radius 3 is 2.52 bits per heavy atom. The van der Waals surface area contributed by atoms with E-state index < -0.39 is 10.0 Å². The number of rotatable bonds is 4. The van der Waals surface area contributed by atoms with Crippen molar-refractivity contribution in [2.75, 3.05) is 0 Å². The van der Waals surface area contributed by atoms with Gasteiger partial charge in [0.05, 0.1) is 4.90 Å². The first kappa shape index (κ1) is 16.8. The van der Waals surface area contributed by atoms with Crippen LogP contribution in [0.3, 0.4) is 0 Å². The Hall–Kier alpha value is -2.52. The number of aryl methyl sites for hydroxylation is 1. The molecule has 0 aliphatic rings. The van der Waals surface area contributed by atoms with Crippen LogP contribution in [0, 0.1) is 6.92 Å². The smallest absolute Gasteiger partial charge is 0.263 e. The third-order valence-corrected chi connectivity index (χ3v) is 4.45. The summed E-state index contributed by atoms with van der Waals surface area (Å²) in [5, 5.41) is 3.61. The predicted octanol–water partition coefficient (Wildman–Crippen LogP) is 0.863. The van der Waals surface area contributed by atoms with Crippen LogP contribution in [0.4, 0.5) is 0 Å². The number of amidine groups is 1. The Balaban J connectivity index is 2.03. The molecule has 7 nitrogen and oxygen atoms in total. The third kappa shape index (κ3) is 4.73. The summed E-state index contributed by atoms with van der Waals surface area (Å²) in [6, 6.07) is 11.5. The first-order valence-corrected chi connectivity index (χ1v) is 8.41. The molecule has 1 aromatic carbocycles. The first-order valence-electron chi connectivity index (χ1n) is 6.52. The molecular weight excluding hydrogens is 334 g/mol. The fourth-order valence-corrected chi connectivity index (χ4v) is 2.88. The van der Waals surface area contributed by atoms with Crippen LogP contribution < -0.4 is 15.9 Å². The van der Waals surface area contributed by atoms with Gasteiger partial charge >= 0.3 is 0 Å². The molecule has 120 valence electrons. The van der Waals surface area contributed by atoms with Gasteiger partial charge in [-0.15, -0.1) is 0 Å². The van der Waals surface area contributed by atoms with E-state index in [1.807, 2.05) is 6.92 Å². The topological polar surface area (TPSA) is 109 Å². The van der Waals surface area contributed by atoms with E-state index in [0.717, 1.165) is 5.56 Å². The molecule has 1 aromatic heterocycles. The number of pyridine rings is 1. The predicted molar refractivity (Wildman–Crippen MR) is 92.2 cm³/mol. The van der Waals surface area contributed by atoms with Gasteiger partial charge in [0.25, 0.3) is 10.0 Å². The van der Waals surface area contributed by atoms with Crippen molar-refractivity contribution < 1.29 is 8.42 Å². The van der Waals surface area contributed by atoms with Gasteiger partial charge in [-0.25, -0.2) is 8.42 Å². The largest absolute Gasteiger partial charge is 0.380 e. The average molecular weight is 349 g/mol. The Morgan fingerprint density at radius 1 is 1.22 bits per heavy atom. The zero-order valence-electron chi connectivity index (χ0n) is 12.2. The Bertz CT molecular complexity index is 818. The van der Waals surface area contributed by atoms with Gasteiger partial charge in [-0.2, -0.15) is 5.10 Å². The summed E-state index contributed by atoms with van der Waals surface area (Å²) < 4.78 is 26.5. The molecule has 9 heteroatoms. The molecule has 0 aliphatic carbocycles. The molecule has 23 heavy (non-hydrogen) atoms. The van der Waals surface area contributed by atoms with Crippen LogP contribution in [0.25, 0.3) is 0 Å². The average Bonchev–Trinajstić information content (AvgIpc) is 2.53. The lowest BCUT2D eigenvalue weighted by Crippen LogP contribution is -2.38. The van der Waals surface area contributed by atoms with Gasteiger partial charge in [-0.1, -0.05) is 23.8 Å². The zero-order valence-corrected chi connectivity index (χ0v) is 13.9. The lowest BCUT2D eigenvalue weighted by atomic mass is 10.2. The number of hydrogen-bond donors (Lipinski definition) is 3. The molecule has 1 heterocycles. The summed E-state index contributed by atoms with van der Waals surface area (Å²) >= 11 is 4.91. The van der Waals surface area contributed by atoms with E-state index in [0.29, 0.717) is 5.69 Å². The summed E-state index contributed by atoms with van der Waals surface area (Å²) in [5.41, 5.74) is 9.51. The van der Waals surface area contributed by atoms with E-state index in [1.165, 1.54) is 12.1 Å². The Morgan fingerprint density at radius 2 is 1.91 bits per heavy atom. The SMILES string of the molecule is Cc1ccc(S(=O)(=O)NC(=S)N/N=C(\N)c2ccccn2)cc1. The van der Waals surface area contributed by atoms with Crippen molar-refractivity contribution in [3.63, 3.8) is 0 Å². The quantitative estimate of drug-likeness (QED) is 0.327. The van der Waals surface area contributed by atoms with Crippen LogP contribution in [0.2, 0.25) is 0 Å². The Kier molecular flexibility index (Phi) is 5.24. The molecule has 2 aromatic rings. The summed E-state index contributed by atoms with van der Waals surface area (Å²) in [6.07, 6.45) is 1.57. The number of nitrogens with zero attached hydrogens (tertiary/aromatic N) is 2. The molecule has 0 spiro atoms. The highest BCUT2D eigenvalue weighted by atomic mass is 32.2. The number of thiocarbonyl (C=S) groups is 1. The zero-order chi connectivity index (χ0) is 16.9. The second-order valence-electron chi connectivity index (χ2n) is 4.57. The van der Waals surface area contributed by atoms with Crippen molar-refractivity contribution in [1.82, 2.24) is 15.1 Å². The van der Waals surface area contributed by atoms with Crippen LogP contribution >= 0.6 is 12.2 Å². The Labute approximate surface area is 139 Å². The van der Waals surface area contributed by atoms with Crippen LogP contribution in [-0.2, 0) is 10.0 Å². The second kappa shape index (κ2) is 7.16. The van der Waals surface area contributed by atoms with E-state index in [-0.39, 0.29) is 15.8 Å². The van der Waals surface area contributed by atoms with Crippen molar-refractivity contribution >= 4 is 33.2 Å². The fraction of sp³-hybridized carbons (Fsp3) is 0.0714. The van der Waals surface area contributed by atoms with Gasteiger partial charge in [0.15, 0.2) is 5.84 Å². The molecule has 0 saturated carbocycles. The van der Waals surface area contributed by atoms with Gasteiger partial charge in [-0.05, 0) is 43.4 Å². The maximum atomic E-state index is 12.1. The molecule has 2 rings (SSSR count). The lowest BCUT2D eigenvalue weighted by Gasteiger charge is -2.09. The molecule has 0 unspecified atom stereocenters. The molecule has 0 atom stereocenters. The van der Waals surface area contributed by atoms with Crippen molar-refractivity contribution in [2.45, 2.75) is 11.8 Å². The molecule has 0 bridgehead atoms. The van der Waals surface area contributed by atoms with Gasteiger partial charge in [0.2, 0.25) is 5.11 Å². The lowest BCUT2D eigenvalue weighted by molar-refractivity contribution is 0.592. The third-order valence-electron chi connectivity index (χ3n) is 2.76. The van der Waals surface area contributed by atoms with Gasteiger partial charge in [-0.3, -0.25) is 15.1 Å². The van der Waals surface area contributed by atoms with E-state index in [2.05, 4.69) is 20.2 Å². The minimum atomic E-state index is -3.77. The van der Waals surface area contributed by atoms with Crippen LogP contribution in [-0.4, -0.2) is 24.3 Å². The summed E-state index contributed by atoms with van der Waals surface area (Å²) in [7, 11) is -3.77. The van der Waals surface area contributed by atoms with Crippen LogP contribution in [0.5, 0.6) is 0 Å². The van der Waals surface area contributed by atoms with E-state index >= 15 is 0 Å². The second-order valence-corrected chi connectivity index (χ2v) is 6.66. The highest BCUT2D eigenvalue weighted by Crippen LogP contribution is 2.09. The normalized spacial score (nSPS) is 11.8. The minimum Gasteiger partial charge on any atom is -0.380 e. The molecular formula is C14H15N5O2S2. The summed E-state index contributed by atoms with van der Waals surface area (Å²) in [5.74, 6) is 0.0856. The number of sulfonamides is 1. The molecule has 4 N–H and O–H groups in total. The van der Waals surface area contributed by atoms with Crippen LogP contribution in [0.1, 0.15) is 11.3 Å². The number of hydrazone groups is 1. The van der Waals surface area contributed by atoms with E-state index in [9.17, 15) is 8.42 Å². The van der Waals surface area contributed by atoms with Crippen molar-refractivity contribution in [3.8, 4) is 0 Å². The van der Waals surface area contributed by atoms with Crippen molar-refractivity contribution in [2.24, 2.45) is 10.8 Å². The number of nitrogens with two attached hydrogens (primary N) is 1. The van der Waals surface area contributed by atoms with Crippen molar-refractivity contribution in [1.29, 1.82) is 0 Å². The van der Waals surface area contributed by atoms with Crippen LogP contribution in [0.15, 0.2) is 58.7 Å². The van der Waals surface area contributed by atoms with E-state index in [4.69, 9.17) is 18.0 Å². The number of benzene rings is 1. The number of hydrogen-bond acceptors (Lipinski definition) is 5. The fourth-order valence-electron chi connectivity index (χ4n) is 1.60. The molecule has 0 radical (unpaired) electrons. The maximum Gasteiger partial charge on any atom is 0.263 e. The molecule has 0 aliphatic heterocycles. The molecule has 0 amide bonds. The number of aromatic nitrogens is 1. The highest BCUT2D eigenvalue weighted by molar-refractivity contribution is 7.91. The minimum absolute atomic E-state index is 0.0856. The monoisotopic (exact) mass is 349 g/mol. The summed E-state index contributed by atoms with van der Waals surface area (Å²) in [4.78, 5) is 4.11. The summed E-state index contributed by atoms with van der Waals surface area (Å²) in [6.45, 7) is 1.87. The first-order chi connectivity index (χ1) is 10.9.